The fourth-order valence-corrected chi connectivity index (χ4v) is 2.61. The second-order valence-corrected chi connectivity index (χ2v) is 5.85. The first kappa shape index (κ1) is 14.5. The standard InChI is InChI=1S/C20H20N2/c1-14(2)18-9-4-5-10-19(18)21-13-17-12-11-16-8-6-7-15(3)20(16)22-17/h4-14H,1-3H3. The number of nitrogens with zero attached hydrogens (tertiary/aromatic N) is 2. The van der Waals surface area contributed by atoms with Crippen LogP contribution in [0.1, 0.15) is 36.6 Å². The highest BCUT2D eigenvalue weighted by atomic mass is 14.8. The zero-order valence-corrected chi connectivity index (χ0v) is 13.2. The van der Waals surface area contributed by atoms with Gasteiger partial charge in [-0.25, -0.2) is 4.98 Å². The smallest absolute Gasteiger partial charge is 0.0820 e. The zero-order chi connectivity index (χ0) is 15.5. The molecule has 22 heavy (non-hydrogen) atoms. The van der Waals surface area contributed by atoms with Gasteiger partial charge in [-0.2, -0.15) is 0 Å². The highest BCUT2D eigenvalue weighted by Gasteiger charge is 2.04. The number of aryl methyl sites for hydroxylation is 1. The third kappa shape index (κ3) is 2.91. The molecule has 2 nitrogen and oxygen atoms in total. The molecule has 0 aliphatic carbocycles. The minimum Gasteiger partial charge on any atom is -0.254 e. The van der Waals surface area contributed by atoms with E-state index in [1.807, 2.05) is 18.3 Å². The van der Waals surface area contributed by atoms with Gasteiger partial charge in [0.1, 0.15) is 0 Å². The van der Waals surface area contributed by atoms with Gasteiger partial charge in [-0.1, -0.05) is 56.3 Å². The molecule has 0 fully saturated rings. The normalized spacial score (nSPS) is 11.6. The Bertz CT molecular complexity index is 832. The quantitative estimate of drug-likeness (QED) is 0.591. The highest BCUT2D eigenvalue weighted by Crippen LogP contribution is 2.26. The third-order valence-electron chi connectivity index (χ3n) is 3.84. The van der Waals surface area contributed by atoms with Crippen molar-refractivity contribution in [2.24, 2.45) is 4.99 Å². The van der Waals surface area contributed by atoms with Gasteiger partial charge in [0.2, 0.25) is 0 Å². The van der Waals surface area contributed by atoms with E-state index in [4.69, 9.17) is 4.98 Å². The van der Waals surface area contributed by atoms with Crippen LogP contribution in [-0.2, 0) is 0 Å². The Kier molecular flexibility index (Phi) is 4.01. The fraction of sp³-hybridized carbons (Fsp3) is 0.200. The van der Waals surface area contributed by atoms with Crippen molar-refractivity contribution in [1.82, 2.24) is 4.98 Å². The SMILES string of the molecule is Cc1cccc2ccc(C=Nc3ccccc3C(C)C)nc12. The van der Waals surface area contributed by atoms with E-state index in [-0.39, 0.29) is 0 Å². The van der Waals surface area contributed by atoms with Crippen LogP contribution in [0.2, 0.25) is 0 Å². The molecule has 2 heteroatoms. The molecule has 0 aliphatic rings. The summed E-state index contributed by atoms with van der Waals surface area (Å²) in [5.74, 6) is 0.458. The highest BCUT2D eigenvalue weighted by molar-refractivity contribution is 5.87. The summed E-state index contributed by atoms with van der Waals surface area (Å²) in [5, 5.41) is 1.17. The van der Waals surface area contributed by atoms with Crippen molar-refractivity contribution in [2.45, 2.75) is 26.7 Å². The van der Waals surface area contributed by atoms with E-state index in [1.54, 1.807) is 0 Å². The van der Waals surface area contributed by atoms with Crippen LogP contribution in [0, 0.1) is 6.92 Å². The van der Waals surface area contributed by atoms with Crippen molar-refractivity contribution in [3.05, 3.63) is 71.4 Å². The molecule has 0 radical (unpaired) electrons. The summed E-state index contributed by atoms with van der Waals surface area (Å²) in [4.78, 5) is 9.36. The maximum Gasteiger partial charge on any atom is 0.0820 e. The minimum absolute atomic E-state index is 0.458. The molecule has 0 bridgehead atoms. The molecule has 0 atom stereocenters. The maximum absolute atomic E-state index is 4.72. The lowest BCUT2D eigenvalue weighted by atomic mass is 10.0. The van der Waals surface area contributed by atoms with E-state index in [0.29, 0.717) is 5.92 Å². The number of aliphatic imine (C=N–C) groups is 1. The van der Waals surface area contributed by atoms with E-state index >= 15 is 0 Å². The van der Waals surface area contributed by atoms with Gasteiger partial charge in [0.05, 0.1) is 23.1 Å². The lowest BCUT2D eigenvalue weighted by molar-refractivity contribution is 0.867. The van der Waals surface area contributed by atoms with E-state index in [2.05, 4.69) is 68.2 Å². The Morgan fingerprint density at radius 3 is 2.59 bits per heavy atom. The summed E-state index contributed by atoms with van der Waals surface area (Å²) >= 11 is 0. The van der Waals surface area contributed by atoms with Crippen LogP contribution in [0.25, 0.3) is 10.9 Å². The molecule has 2 aromatic carbocycles. The van der Waals surface area contributed by atoms with Gasteiger partial charge in [-0.05, 0) is 36.1 Å². The third-order valence-corrected chi connectivity index (χ3v) is 3.84. The molecule has 0 unspecified atom stereocenters. The Balaban J connectivity index is 1.98. The fourth-order valence-electron chi connectivity index (χ4n) is 2.61. The average Bonchev–Trinajstić information content (AvgIpc) is 2.53. The number of para-hydroxylation sites is 2. The second-order valence-electron chi connectivity index (χ2n) is 5.85. The Hall–Kier alpha value is -2.48. The number of hydrogen-bond acceptors (Lipinski definition) is 2. The van der Waals surface area contributed by atoms with Crippen molar-refractivity contribution >= 4 is 22.8 Å². The predicted octanol–water partition coefficient (Wildman–Crippen LogP) is 5.42. The number of rotatable bonds is 3. The van der Waals surface area contributed by atoms with Crippen LogP contribution in [0.15, 0.2) is 59.6 Å². The van der Waals surface area contributed by atoms with Crippen LogP contribution in [0.5, 0.6) is 0 Å². The van der Waals surface area contributed by atoms with Gasteiger partial charge < -0.3 is 0 Å². The summed E-state index contributed by atoms with van der Waals surface area (Å²) in [6.07, 6.45) is 1.85. The van der Waals surface area contributed by atoms with E-state index in [0.717, 1.165) is 16.9 Å². The lowest BCUT2D eigenvalue weighted by Crippen LogP contribution is -1.91. The van der Waals surface area contributed by atoms with Gasteiger partial charge in [0.15, 0.2) is 0 Å². The first-order valence-corrected chi connectivity index (χ1v) is 7.64. The lowest BCUT2D eigenvalue weighted by Gasteiger charge is -2.08. The summed E-state index contributed by atoms with van der Waals surface area (Å²) in [6.45, 7) is 6.46. The number of hydrogen-bond donors (Lipinski definition) is 0. The topological polar surface area (TPSA) is 25.2 Å². The number of pyridine rings is 1. The Labute approximate surface area is 131 Å². The van der Waals surface area contributed by atoms with Crippen LogP contribution in [-0.4, -0.2) is 11.2 Å². The summed E-state index contributed by atoms with van der Waals surface area (Å²) in [5.41, 5.74) is 5.40. The zero-order valence-electron chi connectivity index (χ0n) is 13.2. The van der Waals surface area contributed by atoms with Gasteiger partial charge in [-0.15, -0.1) is 0 Å². The Morgan fingerprint density at radius 1 is 0.955 bits per heavy atom. The van der Waals surface area contributed by atoms with E-state index in [9.17, 15) is 0 Å². The van der Waals surface area contributed by atoms with Crippen molar-refractivity contribution in [2.75, 3.05) is 0 Å². The van der Waals surface area contributed by atoms with Crippen molar-refractivity contribution < 1.29 is 0 Å². The molecule has 0 saturated carbocycles. The molecule has 0 saturated heterocycles. The van der Waals surface area contributed by atoms with Crippen LogP contribution in [0.4, 0.5) is 5.69 Å². The maximum atomic E-state index is 4.72. The van der Waals surface area contributed by atoms with Gasteiger partial charge in [-0.3, -0.25) is 4.99 Å². The molecular weight excluding hydrogens is 268 g/mol. The van der Waals surface area contributed by atoms with Crippen LogP contribution in [0.3, 0.4) is 0 Å². The number of benzene rings is 2. The minimum atomic E-state index is 0.458. The summed E-state index contributed by atoms with van der Waals surface area (Å²) in [7, 11) is 0. The molecule has 1 heterocycles. The first-order chi connectivity index (χ1) is 10.6. The average molecular weight is 288 g/mol. The molecule has 0 N–H and O–H groups in total. The van der Waals surface area contributed by atoms with Gasteiger partial charge in [0.25, 0.3) is 0 Å². The summed E-state index contributed by atoms with van der Waals surface area (Å²) < 4.78 is 0. The second kappa shape index (κ2) is 6.10. The monoisotopic (exact) mass is 288 g/mol. The number of aromatic nitrogens is 1. The van der Waals surface area contributed by atoms with Crippen LogP contribution < -0.4 is 0 Å². The number of fused-ring (bicyclic) bond motifs is 1. The van der Waals surface area contributed by atoms with Gasteiger partial charge in [0, 0.05) is 5.39 Å². The molecule has 110 valence electrons. The molecule has 3 rings (SSSR count). The molecule has 1 aromatic heterocycles. The first-order valence-electron chi connectivity index (χ1n) is 7.64. The summed E-state index contributed by atoms with van der Waals surface area (Å²) in [6, 6.07) is 18.6. The van der Waals surface area contributed by atoms with Crippen molar-refractivity contribution in [3.63, 3.8) is 0 Å². The predicted molar refractivity (Wildman–Crippen MR) is 94.3 cm³/mol. The van der Waals surface area contributed by atoms with E-state index < -0.39 is 0 Å². The largest absolute Gasteiger partial charge is 0.254 e. The molecule has 0 amide bonds. The molecule has 3 aromatic rings. The van der Waals surface area contributed by atoms with Crippen molar-refractivity contribution in [1.29, 1.82) is 0 Å². The van der Waals surface area contributed by atoms with Crippen LogP contribution >= 0.6 is 0 Å². The molecule has 0 aliphatic heterocycles. The molecule has 0 spiro atoms. The van der Waals surface area contributed by atoms with Gasteiger partial charge >= 0.3 is 0 Å². The van der Waals surface area contributed by atoms with Crippen molar-refractivity contribution in [3.8, 4) is 0 Å². The Morgan fingerprint density at radius 2 is 1.77 bits per heavy atom. The molecular formula is C20H20N2. The van der Waals surface area contributed by atoms with E-state index in [1.165, 1.54) is 16.5 Å².